The van der Waals surface area contributed by atoms with E-state index >= 15 is 0 Å². The fraction of sp³-hybridized carbons (Fsp3) is 0.333. The molecule has 1 fully saturated rings. The molecule has 0 radical (unpaired) electrons. The van der Waals surface area contributed by atoms with Gasteiger partial charge in [0, 0.05) is 26.2 Å². The van der Waals surface area contributed by atoms with Crippen LogP contribution >= 0.6 is 23.2 Å². The Kier molecular flexibility index (Phi) is 6.55. The van der Waals surface area contributed by atoms with Crippen molar-refractivity contribution in [3.8, 4) is 0 Å². The molecule has 5 nitrogen and oxygen atoms in total. The standard InChI is InChI=1S/C18H20Cl2N2O3S/c19-17-3-1-2-15(18(17)20)13-21-12-14-4-6-16(7-5-14)26(23,24)22-8-10-25-11-9-22/h1-7,21H,8-13H2. The van der Waals surface area contributed by atoms with E-state index in [2.05, 4.69) is 5.32 Å². The number of nitrogens with one attached hydrogen (secondary N) is 1. The van der Waals surface area contributed by atoms with Gasteiger partial charge >= 0.3 is 0 Å². The molecule has 26 heavy (non-hydrogen) atoms. The number of rotatable bonds is 6. The van der Waals surface area contributed by atoms with Gasteiger partial charge in [0.1, 0.15) is 0 Å². The molecule has 140 valence electrons. The van der Waals surface area contributed by atoms with E-state index in [1.807, 2.05) is 24.3 Å². The van der Waals surface area contributed by atoms with E-state index < -0.39 is 10.0 Å². The molecule has 8 heteroatoms. The normalized spacial score (nSPS) is 15.9. The van der Waals surface area contributed by atoms with Gasteiger partial charge in [0.05, 0.1) is 28.2 Å². The molecular formula is C18H20Cl2N2O3S. The van der Waals surface area contributed by atoms with E-state index in [1.165, 1.54) is 4.31 Å². The molecule has 0 aliphatic carbocycles. The van der Waals surface area contributed by atoms with Crippen molar-refractivity contribution in [2.75, 3.05) is 26.3 Å². The third-order valence-corrected chi connectivity index (χ3v) is 6.98. The number of morpholine rings is 1. The van der Waals surface area contributed by atoms with Gasteiger partial charge in [-0.2, -0.15) is 4.31 Å². The molecule has 0 spiro atoms. The minimum absolute atomic E-state index is 0.307. The summed E-state index contributed by atoms with van der Waals surface area (Å²) >= 11 is 12.2. The smallest absolute Gasteiger partial charge is 0.243 e. The van der Waals surface area contributed by atoms with Gasteiger partial charge in [0.25, 0.3) is 0 Å². The van der Waals surface area contributed by atoms with Crippen molar-refractivity contribution in [3.63, 3.8) is 0 Å². The van der Waals surface area contributed by atoms with E-state index in [4.69, 9.17) is 27.9 Å². The summed E-state index contributed by atoms with van der Waals surface area (Å²) in [6, 6.07) is 12.5. The summed E-state index contributed by atoms with van der Waals surface area (Å²) in [6.07, 6.45) is 0. The fourth-order valence-electron chi connectivity index (χ4n) is 2.74. The topological polar surface area (TPSA) is 58.6 Å². The minimum Gasteiger partial charge on any atom is -0.379 e. The maximum atomic E-state index is 12.6. The predicted octanol–water partition coefficient (Wildman–Crippen LogP) is 3.30. The summed E-state index contributed by atoms with van der Waals surface area (Å²) in [5.74, 6) is 0. The molecule has 0 bridgehead atoms. The van der Waals surface area contributed by atoms with Crippen molar-refractivity contribution in [2.24, 2.45) is 0 Å². The van der Waals surface area contributed by atoms with Crippen LogP contribution in [0.15, 0.2) is 47.4 Å². The molecule has 1 heterocycles. The lowest BCUT2D eigenvalue weighted by atomic mass is 10.2. The van der Waals surface area contributed by atoms with E-state index in [-0.39, 0.29) is 0 Å². The second-order valence-corrected chi connectivity index (χ2v) is 8.70. The van der Waals surface area contributed by atoms with E-state index in [9.17, 15) is 8.42 Å². The second kappa shape index (κ2) is 8.69. The molecule has 1 N–H and O–H groups in total. The summed E-state index contributed by atoms with van der Waals surface area (Å²) in [4.78, 5) is 0.307. The Bertz CT molecular complexity index is 851. The van der Waals surface area contributed by atoms with Gasteiger partial charge in [-0.15, -0.1) is 0 Å². The van der Waals surface area contributed by atoms with Crippen molar-refractivity contribution in [3.05, 3.63) is 63.6 Å². The van der Waals surface area contributed by atoms with Gasteiger partial charge < -0.3 is 10.1 Å². The third kappa shape index (κ3) is 4.57. The lowest BCUT2D eigenvalue weighted by Gasteiger charge is -2.26. The molecule has 2 aromatic rings. The maximum absolute atomic E-state index is 12.6. The van der Waals surface area contributed by atoms with Crippen LogP contribution in [0.2, 0.25) is 10.0 Å². The van der Waals surface area contributed by atoms with Crippen molar-refractivity contribution in [1.82, 2.24) is 9.62 Å². The molecule has 0 aromatic heterocycles. The molecule has 1 aliphatic rings. The van der Waals surface area contributed by atoms with Crippen molar-refractivity contribution in [2.45, 2.75) is 18.0 Å². The Morgan fingerprint density at radius 1 is 1.00 bits per heavy atom. The number of nitrogens with zero attached hydrogens (tertiary/aromatic N) is 1. The maximum Gasteiger partial charge on any atom is 0.243 e. The van der Waals surface area contributed by atoms with Crippen LogP contribution in [0.5, 0.6) is 0 Å². The largest absolute Gasteiger partial charge is 0.379 e. The molecule has 2 aromatic carbocycles. The molecule has 3 rings (SSSR count). The third-order valence-electron chi connectivity index (χ3n) is 4.21. The highest BCUT2D eigenvalue weighted by molar-refractivity contribution is 7.89. The molecule has 0 atom stereocenters. The first kappa shape index (κ1) is 19.6. The lowest BCUT2D eigenvalue weighted by molar-refractivity contribution is 0.0730. The van der Waals surface area contributed by atoms with Crippen LogP contribution < -0.4 is 5.32 Å². The quantitative estimate of drug-likeness (QED) is 0.787. The average molecular weight is 415 g/mol. The first-order valence-electron chi connectivity index (χ1n) is 8.29. The van der Waals surface area contributed by atoms with Gasteiger partial charge in [-0.05, 0) is 29.3 Å². The van der Waals surface area contributed by atoms with Crippen LogP contribution in [0.4, 0.5) is 0 Å². The predicted molar refractivity (Wildman–Crippen MR) is 103 cm³/mol. The van der Waals surface area contributed by atoms with Crippen LogP contribution in [-0.4, -0.2) is 39.0 Å². The van der Waals surface area contributed by atoms with Crippen LogP contribution in [0.25, 0.3) is 0 Å². The number of halogens is 2. The number of ether oxygens (including phenoxy) is 1. The summed E-state index contributed by atoms with van der Waals surface area (Å²) in [5.41, 5.74) is 1.91. The Labute approximate surface area is 163 Å². The molecule has 0 amide bonds. The lowest BCUT2D eigenvalue weighted by Crippen LogP contribution is -2.40. The van der Waals surface area contributed by atoms with Gasteiger partial charge in [-0.25, -0.2) is 8.42 Å². The SMILES string of the molecule is O=S(=O)(c1ccc(CNCc2cccc(Cl)c2Cl)cc1)N1CCOCC1. The Morgan fingerprint density at radius 3 is 2.38 bits per heavy atom. The average Bonchev–Trinajstić information content (AvgIpc) is 2.66. The second-order valence-electron chi connectivity index (χ2n) is 5.98. The molecule has 0 saturated carbocycles. The van der Waals surface area contributed by atoms with Gasteiger partial charge in [-0.1, -0.05) is 47.5 Å². The van der Waals surface area contributed by atoms with E-state index in [0.717, 1.165) is 11.1 Å². The molecular weight excluding hydrogens is 395 g/mol. The van der Waals surface area contributed by atoms with Crippen LogP contribution in [0, 0.1) is 0 Å². The van der Waals surface area contributed by atoms with E-state index in [1.54, 1.807) is 18.2 Å². The highest BCUT2D eigenvalue weighted by Crippen LogP contribution is 2.25. The zero-order valence-corrected chi connectivity index (χ0v) is 16.4. The van der Waals surface area contributed by atoms with Crippen LogP contribution in [0.1, 0.15) is 11.1 Å². The Balaban J connectivity index is 1.60. The molecule has 1 saturated heterocycles. The number of hydrogen-bond acceptors (Lipinski definition) is 4. The summed E-state index contributed by atoms with van der Waals surface area (Å²) in [7, 11) is -3.45. The van der Waals surface area contributed by atoms with Crippen molar-refractivity contribution in [1.29, 1.82) is 0 Å². The van der Waals surface area contributed by atoms with Gasteiger partial charge in [-0.3, -0.25) is 0 Å². The molecule has 0 unspecified atom stereocenters. The highest BCUT2D eigenvalue weighted by Gasteiger charge is 2.25. The zero-order chi connectivity index (χ0) is 18.6. The number of benzene rings is 2. The monoisotopic (exact) mass is 414 g/mol. The highest BCUT2D eigenvalue weighted by atomic mass is 35.5. The van der Waals surface area contributed by atoms with E-state index in [0.29, 0.717) is 54.3 Å². The van der Waals surface area contributed by atoms with Crippen LogP contribution in [0.3, 0.4) is 0 Å². The van der Waals surface area contributed by atoms with Crippen LogP contribution in [-0.2, 0) is 27.8 Å². The van der Waals surface area contributed by atoms with Gasteiger partial charge in [0.2, 0.25) is 10.0 Å². The molecule has 1 aliphatic heterocycles. The first-order chi connectivity index (χ1) is 12.5. The zero-order valence-electron chi connectivity index (χ0n) is 14.1. The van der Waals surface area contributed by atoms with Crippen molar-refractivity contribution >= 4 is 33.2 Å². The Hall–Kier alpha value is -1.15. The summed E-state index contributed by atoms with van der Waals surface area (Å²) < 4.78 is 31.9. The Morgan fingerprint density at radius 2 is 1.69 bits per heavy atom. The minimum atomic E-state index is -3.45. The first-order valence-corrected chi connectivity index (χ1v) is 10.5. The van der Waals surface area contributed by atoms with Crippen molar-refractivity contribution < 1.29 is 13.2 Å². The summed E-state index contributed by atoms with van der Waals surface area (Å²) in [5, 5.41) is 4.37. The number of sulfonamides is 1. The van der Waals surface area contributed by atoms with Gasteiger partial charge in [0.15, 0.2) is 0 Å². The summed E-state index contributed by atoms with van der Waals surface area (Å²) in [6.45, 7) is 2.84. The number of hydrogen-bond donors (Lipinski definition) is 1. The fourth-order valence-corrected chi connectivity index (χ4v) is 4.54.